The number of nitrogens with zero attached hydrogens (tertiary/aromatic N) is 4. The Labute approximate surface area is 169 Å². The van der Waals surface area contributed by atoms with E-state index in [1.54, 1.807) is 0 Å². The lowest BCUT2D eigenvalue weighted by molar-refractivity contribution is -0.00925. The molecule has 28 heavy (non-hydrogen) atoms. The third-order valence-corrected chi connectivity index (χ3v) is 7.42. The molecule has 0 spiro atoms. The second kappa shape index (κ2) is 5.93. The summed E-state index contributed by atoms with van der Waals surface area (Å²) in [6.07, 6.45) is 8.02. The largest absolute Gasteiger partial charge is 0.339 e. The Morgan fingerprint density at radius 3 is 2.39 bits per heavy atom. The Balaban J connectivity index is 1.44. The van der Waals surface area contributed by atoms with E-state index in [0.717, 1.165) is 40.8 Å². The Hall–Kier alpha value is -2.14. The zero-order valence-corrected chi connectivity index (χ0v) is 16.8. The van der Waals surface area contributed by atoms with Gasteiger partial charge in [-0.2, -0.15) is 9.50 Å². The molecule has 144 valence electrons. The molecule has 7 rings (SSSR count). The Morgan fingerprint density at radius 1 is 1.04 bits per heavy atom. The maximum atomic E-state index is 6.36. The van der Waals surface area contributed by atoms with Gasteiger partial charge in [0.1, 0.15) is 5.82 Å². The van der Waals surface area contributed by atoms with Crippen LogP contribution in [0.5, 0.6) is 0 Å². The van der Waals surface area contributed by atoms with Crippen LogP contribution in [0.25, 0.3) is 5.78 Å². The van der Waals surface area contributed by atoms with Crippen molar-refractivity contribution in [2.75, 3.05) is 5.32 Å². The van der Waals surface area contributed by atoms with Crippen LogP contribution in [0.2, 0.25) is 5.02 Å². The number of hydrogen-bond donors (Lipinski definition) is 1. The highest BCUT2D eigenvalue weighted by molar-refractivity contribution is 6.33. The first-order valence-corrected chi connectivity index (χ1v) is 10.7. The van der Waals surface area contributed by atoms with Crippen molar-refractivity contribution in [1.29, 1.82) is 0 Å². The van der Waals surface area contributed by atoms with Crippen molar-refractivity contribution in [1.82, 2.24) is 19.6 Å². The van der Waals surface area contributed by atoms with Gasteiger partial charge in [0.05, 0.1) is 10.7 Å². The van der Waals surface area contributed by atoms with Crippen LogP contribution in [0.1, 0.15) is 50.0 Å². The van der Waals surface area contributed by atoms with E-state index in [1.165, 1.54) is 38.5 Å². The summed E-state index contributed by atoms with van der Waals surface area (Å²) in [5, 5.41) is 9.13. The number of nitrogens with one attached hydrogen (secondary N) is 1. The van der Waals surface area contributed by atoms with Gasteiger partial charge >= 0.3 is 0 Å². The van der Waals surface area contributed by atoms with Gasteiger partial charge in [-0.25, -0.2) is 4.98 Å². The fourth-order valence-electron chi connectivity index (χ4n) is 6.39. The fraction of sp³-hybridized carbons (Fsp3) is 0.500. The van der Waals surface area contributed by atoms with E-state index in [-0.39, 0.29) is 5.41 Å². The van der Waals surface area contributed by atoms with Gasteiger partial charge < -0.3 is 5.32 Å². The van der Waals surface area contributed by atoms with Crippen LogP contribution < -0.4 is 5.32 Å². The van der Waals surface area contributed by atoms with Crippen LogP contribution in [0.4, 0.5) is 11.5 Å². The van der Waals surface area contributed by atoms with Gasteiger partial charge in [0.25, 0.3) is 5.78 Å². The van der Waals surface area contributed by atoms with Gasteiger partial charge in [-0.1, -0.05) is 23.7 Å². The molecule has 1 N–H and O–H groups in total. The van der Waals surface area contributed by atoms with Crippen molar-refractivity contribution in [3.05, 3.63) is 46.9 Å². The molecule has 0 atom stereocenters. The number of aromatic nitrogens is 4. The maximum Gasteiger partial charge on any atom is 0.254 e. The highest BCUT2D eigenvalue weighted by Gasteiger charge is 2.53. The molecule has 4 aliphatic carbocycles. The minimum atomic E-state index is 0.165. The molecule has 4 fully saturated rings. The fourth-order valence-corrected chi connectivity index (χ4v) is 6.57. The smallest absolute Gasteiger partial charge is 0.254 e. The van der Waals surface area contributed by atoms with Crippen molar-refractivity contribution >= 4 is 28.9 Å². The van der Waals surface area contributed by atoms with Crippen molar-refractivity contribution in [2.24, 2.45) is 17.8 Å². The lowest BCUT2D eigenvalue weighted by atomic mass is 9.49. The molecule has 0 saturated heterocycles. The SMILES string of the molecule is Cc1cc(Nc2ccccc2Cl)n2nc(C34CC5CC(CC(C5)C3)C4)nc2n1. The minimum Gasteiger partial charge on any atom is -0.339 e. The highest BCUT2D eigenvalue weighted by Crippen LogP contribution is 2.60. The highest BCUT2D eigenvalue weighted by atomic mass is 35.5. The van der Waals surface area contributed by atoms with Crippen LogP contribution in [0.3, 0.4) is 0 Å². The molecule has 4 aliphatic rings. The topological polar surface area (TPSA) is 55.1 Å². The van der Waals surface area contributed by atoms with E-state index < -0.39 is 0 Å². The second-order valence-electron chi connectivity index (χ2n) is 9.23. The first-order chi connectivity index (χ1) is 13.6. The van der Waals surface area contributed by atoms with E-state index in [0.29, 0.717) is 10.8 Å². The molecule has 2 heterocycles. The summed E-state index contributed by atoms with van der Waals surface area (Å²) in [7, 11) is 0. The number of anilines is 2. The lowest BCUT2D eigenvalue weighted by Gasteiger charge is -2.55. The zero-order valence-electron chi connectivity index (χ0n) is 16.0. The van der Waals surface area contributed by atoms with Gasteiger partial charge in [0.2, 0.25) is 0 Å². The van der Waals surface area contributed by atoms with Gasteiger partial charge in [-0.05, 0) is 75.3 Å². The Kier molecular flexibility index (Phi) is 3.55. The van der Waals surface area contributed by atoms with Crippen LogP contribution >= 0.6 is 11.6 Å². The molecule has 5 nitrogen and oxygen atoms in total. The second-order valence-corrected chi connectivity index (χ2v) is 9.64. The monoisotopic (exact) mass is 393 g/mol. The molecule has 6 heteroatoms. The summed E-state index contributed by atoms with van der Waals surface area (Å²) >= 11 is 6.36. The molecule has 4 bridgehead atoms. The average Bonchev–Trinajstić information content (AvgIpc) is 3.07. The van der Waals surface area contributed by atoms with E-state index in [1.807, 2.05) is 41.8 Å². The van der Waals surface area contributed by atoms with E-state index in [2.05, 4.69) is 10.3 Å². The molecule has 0 aliphatic heterocycles. The minimum absolute atomic E-state index is 0.165. The lowest BCUT2D eigenvalue weighted by Crippen LogP contribution is -2.49. The van der Waals surface area contributed by atoms with Crippen LogP contribution in [-0.2, 0) is 5.41 Å². The van der Waals surface area contributed by atoms with Crippen LogP contribution in [0.15, 0.2) is 30.3 Å². The summed E-state index contributed by atoms with van der Waals surface area (Å²) in [5.41, 5.74) is 1.95. The molecule has 2 aromatic heterocycles. The predicted molar refractivity (Wildman–Crippen MR) is 110 cm³/mol. The summed E-state index contributed by atoms with van der Waals surface area (Å²) in [6.45, 7) is 2.00. The summed E-state index contributed by atoms with van der Waals surface area (Å²) in [5.74, 6) is 5.15. The van der Waals surface area contributed by atoms with Gasteiger partial charge in [-0.3, -0.25) is 0 Å². The molecule has 0 radical (unpaired) electrons. The van der Waals surface area contributed by atoms with Gasteiger partial charge in [-0.15, -0.1) is 5.10 Å². The van der Waals surface area contributed by atoms with E-state index in [4.69, 9.17) is 21.7 Å². The molecule has 1 aromatic carbocycles. The molecular weight excluding hydrogens is 370 g/mol. The van der Waals surface area contributed by atoms with E-state index >= 15 is 0 Å². The summed E-state index contributed by atoms with van der Waals surface area (Å²) in [4.78, 5) is 9.62. The van der Waals surface area contributed by atoms with Crippen molar-refractivity contribution in [3.8, 4) is 0 Å². The van der Waals surface area contributed by atoms with Crippen LogP contribution in [0, 0.1) is 24.7 Å². The number of fused-ring (bicyclic) bond motifs is 1. The number of aryl methyl sites for hydroxylation is 1. The number of rotatable bonds is 3. The Morgan fingerprint density at radius 2 is 1.71 bits per heavy atom. The number of hydrogen-bond acceptors (Lipinski definition) is 4. The average molecular weight is 394 g/mol. The number of benzene rings is 1. The molecule has 0 unspecified atom stereocenters. The normalized spacial score (nSPS) is 30.9. The quantitative estimate of drug-likeness (QED) is 0.656. The molecule has 3 aromatic rings. The summed E-state index contributed by atoms with van der Waals surface area (Å²) < 4.78 is 1.87. The predicted octanol–water partition coefficient (Wildman–Crippen LogP) is 5.30. The first-order valence-electron chi connectivity index (χ1n) is 10.3. The maximum absolute atomic E-state index is 6.36. The molecular formula is C22H24ClN5. The van der Waals surface area contributed by atoms with Crippen LogP contribution in [-0.4, -0.2) is 19.6 Å². The standard InChI is InChI=1S/C22H24ClN5/c1-13-6-19(25-18-5-3-2-4-17(18)23)28-21(24-13)26-20(27-28)22-10-14-7-15(11-22)9-16(8-14)12-22/h2-6,14-16,25H,7-12H2,1H3. The Bertz CT molecular complexity index is 1040. The van der Waals surface area contributed by atoms with E-state index in [9.17, 15) is 0 Å². The zero-order chi connectivity index (χ0) is 18.9. The molecule has 0 amide bonds. The number of halogens is 1. The summed E-state index contributed by atoms with van der Waals surface area (Å²) in [6, 6.07) is 9.77. The third kappa shape index (κ3) is 2.55. The molecule has 4 saturated carbocycles. The number of para-hydroxylation sites is 1. The van der Waals surface area contributed by atoms with Gasteiger partial charge in [0, 0.05) is 17.2 Å². The van der Waals surface area contributed by atoms with Crippen molar-refractivity contribution < 1.29 is 0 Å². The first kappa shape index (κ1) is 16.8. The third-order valence-electron chi connectivity index (χ3n) is 7.09. The van der Waals surface area contributed by atoms with Crippen molar-refractivity contribution in [2.45, 2.75) is 50.9 Å². The van der Waals surface area contributed by atoms with Gasteiger partial charge in [0.15, 0.2) is 5.82 Å². The van der Waals surface area contributed by atoms with Crippen molar-refractivity contribution in [3.63, 3.8) is 0 Å².